The summed E-state index contributed by atoms with van der Waals surface area (Å²) in [4.78, 5) is 11.8. The topological polar surface area (TPSA) is 29.1 Å². The van der Waals surface area contributed by atoms with Crippen LogP contribution in [0.5, 0.6) is 0 Å². The average Bonchev–Trinajstić information content (AvgIpc) is 2.37. The third-order valence-corrected chi connectivity index (χ3v) is 2.67. The molecule has 0 aliphatic rings. The third kappa shape index (κ3) is 4.58. The first-order chi connectivity index (χ1) is 8.65. The van der Waals surface area contributed by atoms with E-state index in [-0.39, 0.29) is 11.9 Å². The Morgan fingerprint density at radius 3 is 2.39 bits per heavy atom. The van der Waals surface area contributed by atoms with Gasteiger partial charge in [0, 0.05) is 6.08 Å². The van der Waals surface area contributed by atoms with Gasteiger partial charge < -0.3 is 5.32 Å². The summed E-state index contributed by atoms with van der Waals surface area (Å²) in [5.41, 5.74) is 1.14. The number of rotatable bonds is 5. The minimum atomic E-state index is -0.0596. The van der Waals surface area contributed by atoms with Crippen LogP contribution in [-0.4, -0.2) is 5.91 Å². The summed E-state index contributed by atoms with van der Waals surface area (Å²) in [6.45, 7) is 6.13. The van der Waals surface area contributed by atoms with Crippen molar-refractivity contribution < 1.29 is 4.79 Å². The van der Waals surface area contributed by atoms with Gasteiger partial charge in [-0.15, -0.1) is 0 Å². The van der Waals surface area contributed by atoms with Crippen LogP contribution in [0.1, 0.15) is 32.4 Å². The summed E-state index contributed by atoms with van der Waals surface area (Å²) in [7, 11) is 0. The van der Waals surface area contributed by atoms with Crippen molar-refractivity contribution >= 4 is 5.91 Å². The molecule has 2 nitrogen and oxygen atoms in total. The molecule has 0 bridgehead atoms. The van der Waals surface area contributed by atoms with Gasteiger partial charge in [-0.2, -0.15) is 0 Å². The van der Waals surface area contributed by atoms with E-state index >= 15 is 0 Å². The number of allylic oxidation sites excluding steroid dienone is 3. The van der Waals surface area contributed by atoms with Crippen LogP contribution in [0, 0.1) is 5.92 Å². The van der Waals surface area contributed by atoms with Crippen molar-refractivity contribution in [3.8, 4) is 0 Å². The van der Waals surface area contributed by atoms with Gasteiger partial charge in [0.1, 0.15) is 0 Å². The molecule has 0 heterocycles. The van der Waals surface area contributed by atoms with Crippen molar-refractivity contribution in [2.75, 3.05) is 0 Å². The van der Waals surface area contributed by atoms with Crippen LogP contribution in [0.15, 0.2) is 54.6 Å². The summed E-state index contributed by atoms with van der Waals surface area (Å²) in [5.74, 6) is 0.294. The molecule has 96 valence electrons. The van der Waals surface area contributed by atoms with Gasteiger partial charge in [0.2, 0.25) is 5.91 Å². The van der Waals surface area contributed by atoms with Gasteiger partial charge in [-0.1, -0.05) is 62.4 Å². The Morgan fingerprint density at radius 2 is 1.83 bits per heavy atom. The summed E-state index contributed by atoms with van der Waals surface area (Å²) in [5, 5.41) is 3.03. The first-order valence-electron chi connectivity index (χ1n) is 6.30. The lowest BCUT2D eigenvalue weighted by atomic mass is 9.96. The summed E-state index contributed by atoms with van der Waals surface area (Å²) in [6, 6.07) is 10.1. The lowest BCUT2D eigenvalue weighted by molar-refractivity contribution is -0.117. The van der Waals surface area contributed by atoms with Crippen molar-refractivity contribution in [3.05, 3.63) is 60.2 Å². The fourth-order valence-corrected chi connectivity index (χ4v) is 1.75. The van der Waals surface area contributed by atoms with E-state index in [1.165, 1.54) is 0 Å². The normalized spacial score (nSPS) is 13.3. The van der Waals surface area contributed by atoms with Crippen LogP contribution in [0.3, 0.4) is 0 Å². The highest BCUT2D eigenvalue weighted by atomic mass is 16.1. The third-order valence-electron chi connectivity index (χ3n) is 2.67. The SMILES string of the molecule is C/C=C/C=C/C(=O)NC(c1ccccc1)C(C)C. The molecule has 1 N–H and O–H groups in total. The van der Waals surface area contributed by atoms with Crippen LogP contribution in [-0.2, 0) is 4.79 Å². The van der Waals surface area contributed by atoms with E-state index in [2.05, 4.69) is 19.2 Å². The molecule has 1 aromatic rings. The second-order valence-electron chi connectivity index (χ2n) is 4.53. The highest BCUT2D eigenvalue weighted by molar-refractivity contribution is 5.88. The van der Waals surface area contributed by atoms with Crippen LogP contribution in [0.25, 0.3) is 0 Å². The van der Waals surface area contributed by atoms with Gasteiger partial charge in [-0.25, -0.2) is 0 Å². The van der Waals surface area contributed by atoms with Crippen molar-refractivity contribution in [1.82, 2.24) is 5.32 Å². The van der Waals surface area contributed by atoms with Crippen molar-refractivity contribution in [3.63, 3.8) is 0 Å². The Bertz CT molecular complexity index is 418. The van der Waals surface area contributed by atoms with E-state index in [0.717, 1.165) is 5.56 Å². The Morgan fingerprint density at radius 1 is 1.17 bits per heavy atom. The van der Waals surface area contributed by atoms with Gasteiger partial charge in [-0.3, -0.25) is 4.79 Å². The fourth-order valence-electron chi connectivity index (χ4n) is 1.75. The van der Waals surface area contributed by atoms with Crippen LogP contribution < -0.4 is 5.32 Å². The average molecular weight is 243 g/mol. The molecule has 1 unspecified atom stereocenters. The van der Waals surface area contributed by atoms with Crippen molar-refractivity contribution in [1.29, 1.82) is 0 Å². The molecule has 0 saturated heterocycles. The van der Waals surface area contributed by atoms with Gasteiger partial charge in [0.05, 0.1) is 6.04 Å². The Hall–Kier alpha value is -1.83. The zero-order chi connectivity index (χ0) is 13.4. The Kier molecular flexibility index (Phi) is 5.92. The standard InChI is InChI=1S/C16H21NO/c1-4-5-7-12-15(18)17-16(13(2)3)14-10-8-6-9-11-14/h4-13,16H,1-3H3,(H,17,18)/b5-4+,12-7+. The van der Waals surface area contributed by atoms with Gasteiger partial charge in [0.25, 0.3) is 0 Å². The number of benzene rings is 1. The predicted molar refractivity (Wildman–Crippen MR) is 76.1 cm³/mol. The van der Waals surface area contributed by atoms with Crippen molar-refractivity contribution in [2.24, 2.45) is 5.92 Å². The minimum Gasteiger partial charge on any atom is -0.345 e. The first-order valence-corrected chi connectivity index (χ1v) is 6.30. The maximum atomic E-state index is 11.8. The van der Waals surface area contributed by atoms with E-state index < -0.39 is 0 Å². The maximum absolute atomic E-state index is 11.8. The molecule has 0 fully saturated rings. The number of hydrogen-bond donors (Lipinski definition) is 1. The Labute approximate surface area is 109 Å². The highest BCUT2D eigenvalue weighted by Crippen LogP contribution is 2.21. The van der Waals surface area contributed by atoms with E-state index in [1.807, 2.05) is 49.4 Å². The fraction of sp³-hybridized carbons (Fsp3) is 0.312. The second-order valence-corrected chi connectivity index (χ2v) is 4.53. The summed E-state index contributed by atoms with van der Waals surface area (Å²) < 4.78 is 0. The first kappa shape index (κ1) is 14.2. The van der Waals surface area contributed by atoms with E-state index in [4.69, 9.17) is 0 Å². The molecule has 0 saturated carbocycles. The molecule has 1 amide bonds. The summed E-state index contributed by atoms with van der Waals surface area (Å²) in [6.07, 6.45) is 7.03. The lowest BCUT2D eigenvalue weighted by Crippen LogP contribution is -2.30. The van der Waals surface area contributed by atoms with E-state index in [0.29, 0.717) is 5.92 Å². The zero-order valence-corrected chi connectivity index (χ0v) is 11.3. The molecule has 2 heteroatoms. The van der Waals surface area contributed by atoms with Crippen LogP contribution >= 0.6 is 0 Å². The molecule has 1 atom stereocenters. The molecule has 1 aromatic carbocycles. The summed E-state index contributed by atoms with van der Waals surface area (Å²) >= 11 is 0. The molecule has 0 aromatic heterocycles. The predicted octanol–water partition coefficient (Wildman–Crippen LogP) is 3.63. The molecule has 18 heavy (non-hydrogen) atoms. The molecule has 0 radical (unpaired) electrons. The van der Waals surface area contributed by atoms with Crippen LogP contribution in [0.2, 0.25) is 0 Å². The number of nitrogens with one attached hydrogen (secondary N) is 1. The molecular formula is C16H21NO. The monoisotopic (exact) mass is 243 g/mol. The maximum Gasteiger partial charge on any atom is 0.244 e. The largest absolute Gasteiger partial charge is 0.345 e. The number of carbonyl (C=O) groups is 1. The van der Waals surface area contributed by atoms with E-state index in [9.17, 15) is 4.79 Å². The second kappa shape index (κ2) is 7.49. The minimum absolute atomic E-state index is 0.0500. The number of carbonyl (C=O) groups excluding carboxylic acids is 1. The smallest absolute Gasteiger partial charge is 0.244 e. The molecule has 1 rings (SSSR count). The molecule has 0 aliphatic heterocycles. The molecule has 0 spiro atoms. The van der Waals surface area contributed by atoms with Gasteiger partial charge in [-0.05, 0) is 18.4 Å². The number of amides is 1. The van der Waals surface area contributed by atoms with Gasteiger partial charge in [0.15, 0.2) is 0 Å². The lowest BCUT2D eigenvalue weighted by Gasteiger charge is -2.22. The number of hydrogen-bond acceptors (Lipinski definition) is 1. The molecular weight excluding hydrogens is 222 g/mol. The van der Waals surface area contributed by atoms with E-state index in [1.54, 1.807) is 12.2 Å². The highest BCUT2D eigenvalue weighted by Gasteiger charge is 2.16. The Balaban J connectivity index is 2.73. The molecule has 0 aliphatic carbocycles. The quantitative estimate of drug-likeness (QED) is 0.621. The van der Waals surface area contributed by atoms with Crippen molar-refractivity contribution in [2.45, 2.75) is 26.8 Å². The zero-order valence-electron chi connectivity index (χ0n) is 11.3. The van der Waals surface area contributed by atoms with Crippen LogP contribution in [0.4, 0.5) is 0 Å². The van der Waals surface area contributed by atoms with Gasteiger partial charge >= 0.3 is 0 Å².